The Morgan fingerprint density at radius 1 is 0.913 bits per heavy atom. The first-order valence-electron chi connectivity index (χ1n) is 7.56. The van der Waals surface area contributed by atoms with Crippen molar-refractivity contribution in [1.82, 2.24) is 14.5 Å². The number of rotatable bonds is 4. The molecule has 112 valence electrons. The van der Waals surface area contributed by atoms with E-state index in [4.69, 9.17) is 0 Å². The lowest BCUT2D eigenvalue weighted by atomic mass is 10.1. The van der Waals surface area contributed by atoms with E-state index in [9.17, 15) is 0 Å². The fourth-order valence-electron chi connectivity index (χ4n) is 2.66. The van der Waals surface area contributed by atoms with Crippen molar-refractivity contribution in [2.45, 2.75) is 6.54 Å². The number of hydrogen-bond donors (Lipinski definition) is 1. The lowest BCUT2D eigenvalue weighted by molar-refractivity contribution is 1.00. The molecule has 0 saturated carbocycles. The molecule has 0 spiro atoms. The van der Waals surface area contributed by atoms with Gasteiger partial charge in [0.15, 0.2) is 0 Å². The number of nitrogens with zero attached hydrogens (tertiary/aromatic N) is 3. The summed E-state index contributed by atoms with van der Waals surface area (Å²) in [7, 11) is 0. The zero-order chi connectivity index (χ0) is 15.5. The summed E-state index contributed by atoms with van der Waals surface area (Å²) in [6, 6.07) is 20.5. The average Bonchev–Trinajstić information content (AvgIpc) is 3.14. The van der Waals surface area contributed by atoms with Crippen molar-refractivity contribution in [3.8, 4) is 5.69 Å². The smallest absolute Gasteiger partial charge is 0.126 e. The second-order valence-corrected chi connectivity index (χ2v) is 5.34. The topological polar surface area (TPSA) is 42.7 Å². The molecule has 0 aliphatic carbocycles. The van der Waals surface area contributed by atoms with Crippen molar-refractivity contribution < 1.29 is 0 Å². The molecule has 4 heteroatoms. The van der Waals surface area contributed by atoms with Gasteiger partial charge in [0.1, 0.15) is 5.82 Å². The van der Waals surface area contributed by atoms with Crippen LogP contribution in [0.15, 0.2) is 79.4 Å². The van der Waals surface area contributed by atoms with Gasteiger partial charge in [-0.3, -0.25) is 0 Å². The molecule has 0 aliphatic heterocycles. The Labute approximate surface area is 134 Å². The molecular weight excluding hydrogens is 284 g/mol. The maximum Gasteiger partial charge on any atom is 0.126 e. The normalized spacial score (nSPS) is 10.8. The van der Waals surface area contributed by atoms with Gasteiger partial charge in [0.2, 0.25) is 0 Å². The number of pyridine rings is 1. The molecule has 4 nitrogen and oxygen atoms in total. The molecular formula is C19H16N4. The molecule has 0 amide bonds. The summed E-state index contributed by atoms with van der Waals surface area (Å²) < 4.78 is 2.02. The van der Waals surface area contributed by atoms with Gasteiger partial charge in [-0.15, -0.1) is 0 Å². The van der Waals surface area contributed by atoms with Gasteiger partial charge in [-0.05, 0) is 29.8 Å². The van der Waals surface area contributed by atoms with Gasteiger partial charge in [-0.1, -0.05) is 36.4 Å². The number of fused-ring (bicyclic) bond motifs is 1. The Hall–Kier alpha value is -3.14. The number of imidazole rings is 1. The van der Waals surface area contributed by atoms with Crippen LogP contribution in [-0.2, 0) is 6.54 Å². The van der Waals surface area contributed by atoms with Gasteiger partial charge in [-0.25, -0.2) is 9.97 Å². The number of benzene rings is 2. The molecule has 2 aromatic heterocycles. The van der Waals surface area contributed by atoms with E-state index >= 15 is 0 Å². The Bertz CT molecular complexity index is 929. The Morgan fingerprint density at radius 3 is 2.70 bits per heavy atom. The highest BCUT2D eigenvalue weighted by atomic mass is 15.0. The van der Waals surface area contributed by atoms with Crippen LogP contribution in [-0.4, -0.2) is 14.5 Å². The number of anilines is 1. The summed E-state index contributed by atoms with van der Waals surface area (Å²) in [6.07, 6.45) is 5.55. The molecule has 0 radical (unpaired) electrons. The molecule has 4 rings (SSSR count). The van der Waals surface area contributed by atoms with Crippen LogP contribution >= 0.6 is 0 Å². The zero-order valence-electron chi connectivity index (χ0n) is 12.6. The first-order chi connectivity index (χ1) is 11.4. The molecule has 23 heavy (non-hydrogen) atoms. The predicted octanol–water partition coefficient (Wildman–Crippen LogP) is 4.03. The molecule has 4 aromatic rings. The van der Waals surface area contributed by atoms with E-state index in [1.54, 1.807) is 6.20 Å². The second-order valence-electron chi connectivity index (χ2n) is 5.34. The van der Waals surface area contributed by atoms with Gasteiger partial charge in [0, 0.05) is 24.3 Å². The van der Waals surface area contributed by atoms with E-state index in [2.05, 4.69) is 39.6 Å². The number of para-hydroxylation sites is 2. The number of hydrogen-bond acceptors (Lipinski definition) is 3. The minimum absolute atomic E-state index is 0.708. The fourth-order valence-corrected chi connectivity index (χ4v) is 2.66. The van der Waals surface area contributed by atoms with Crippen molar-refractivity contribution in [3.05, 3.63) is 84.9 Å². The van der Waals surface area contributed by atoms with Crippen molar-refractivity contribution in [2.75, 3.05) is 5.32 Å². The Kier molecular flexibility index (Phi) is 3.48. The molecule has 0 bridgehead atoms. The van der Waals surface area contributed by atoms with E-state index in [1.807, 2.05) is 53.5 Å². The second kappa shape index (κ2) is 5.93. The van der Waals surface area contributed by atoms with Crippen LogP contribution in [0.25, 0.3) is 16.6 Å². The van der Waals surface area contributed by atoms with Crippen molar-refractivity contribution >= 4 is 16.7 Å². The largest absolute Gasteiger partial charge is 0.366 e. The van der Waals surface area contributed by atoms with E-state index in [-0.39, 0.29) is 0 Å². The standard InChI is InChI=1S/C19H16N4/c1-3-7-17-15(5-1)9-10-19(22-17)21-13-16-6-2-4-8-18(16)23-12-11-20-14-23/h1-12,14H,13H2,(H,21,22). The first-order valence-corrected chi connectivity index (χ1v) is 7.56. The van der Waals surface area contributed by atoms with Crippen molar-refractivity contribution in [3.63, 3.8) is 0 Å². The first kappa shape index (κ1) is 13.5. The molecule has 0 fully saturated rings. The van der Waals surface area contributed by atoms with Crippen molar-refractivity contribution in [1.29, 1.82) is 0 Å². The summed E-state index contributed by atoms with van der Waals surface area (Å²) in [5.41, 5.74) is 3.32. The van der Waals surface area contributed by atoms with Gasteiger partial charge < -0.3 is 9.88 Å². The monoisotopic (exact) mass is 300 g/mol. The molecule has 0 aliphatic rings. The maximum absolute atomic E-state index is 4.65. The van der Waals surface area contributed by atoms with Crippen LogP contribution in [0.1, 0.15) is 5.56 Å². The molecule has 1 N–H and O–H groups in total. The van der Waals surface area contributed by atoms with E-state index in [0.717, 1.165) is 22.4 Å². The highest BCUT2D eigenvalue weighted by Crippen LogP contribution is 2.18. The Morgan fingerprint density at radius 2 is 1.78 bits per heavy atom. The number of nitrogens with one attached hydrogen (secondary N) is 1. The van der Waals surface area contributed by atoms with Gasteiger partial charge in [0.25, 0.3) is 0 Å². The van der Waals surface area contributed by atoms with Crippen LogP contribution in [0.3, 0.4) is 0 Å². The summed E-state index contributed by atoms with van der Waals surface area (Å²) in [4.78, 5) is 8.77. The third-order valence-corrected chi connectivity index (χ3v) is 3.83. The van der Waals surface area contributed by atoms with E-state index in [0.29, 0.717) is 6.54 Å². The summed E-state index contributed by atoms with van der Waals surface area (Å²) in [6.45, 7) is 0.708. The summed E-state index contributed by atoms with van der Waals surface area (Å²) >= 11 is 0. The SMILES string of the molecule is c1ccc(-n2ccnc2)c(CNc2ccc3ccccc3n2)c1. The van der Waals surface area contributed by atoms with Gasteiger partial charge in [0.05, 0.1) is 17.5 Å². The lowest BCUT2D eigenvalue weighted by Crippen LogP contribution is -2.05. The van der Waals surface area contributed by atoms with Crippen molar-refractivity contribution in [2.24, 2.45) is 0 Å². The minimum Gasteiger partial charge on any atom is -0.366 e. The molecule has 2 aromatic carbocycles. The fraction of sp³-hybridized carbons (Fsp3) is 0.0526. The van der Waals surface area contributed by atoms with Gasteiger partial charge in [-0.2, -0.15) is 0 Å². The lowest BCUT2D eigenvalue weighted by Gasteiger charge is -2.12. The Balaban J connectivity index is 1.59. The van der Waals surface area contributed by atoms with Crippen LogP contribution in [0.5, 0.6) is 0 Å². The van der Waals surface area contributed by atoms with Crippen LogP contribution in [0.4, 0.5) is 5.82 Å². The predicted molar refractivity (Wildman–Crippen MR) is 92.6 cm³/mol. The van der Waals surface area contributed by atoms with Gasteiger partial charge >= 0.3 is 0 Å². The molecule has 0 saturated heterocycles. The molecule has 2 heterocycles. The quantitative estimate of drug-likeness (QED) is 0.618. The summed E-state index contributed by atoms with van der Waals surface area (Å²) in [5, 5.41) is 4.56. The van der Waals surface area contributed by atoms with Crippen LogP contribution in [0, 0.1) is 0 Å². The van der Waals surface area contributed by atoms with Crippen LogP contribution < -0.4 is 5.32 Å². The highest BCUT2D eigenvalue weighted by Gasteiger charge is 2.04. The third kappa shape index (κ3) is 2.79. The maximum atomic E-state index is 4.65. The van der Waals surface area contributed by atoms with Crippen LogP contribution in [0.2, 0.25) is 0 Å². The zero-order valence-corrected chi connectivity index (χ0v) is 12.6. The summed E-state index contributed by atoms with van der Waals surface area (Å²) in [5.74, 6) is 0.879. The average molecular weight is 300 g/mol. The molecule has 0 atom stereocenters. The number of aromatic nitrogens is 3. The third-order valence-electron chi connectivity index (χ3n) is 3.83. The van der Waals surface area contributed by atoms with E-state index in [1.165, 1.54) is 5.56 Å². The highest BCUT2D eigenvalue weighted by molar-refractivity contribution is 5.80. The van der Waals surface area contributed by atoms with E-state index < -0.39 is 0 Å². The minimum atomic E-state index is 0.708. The molecule has 0 unspecified atom stereocenters.